The van der Waals surface area contributed by atoms with Crippen LogP contribution in [0.5, 0.6) is 0 Å². The molecule has 19 heavy (non-hydrogen) atoms. The summed E-state index contributed by atoms with van der Waals surface area (Å²) in [7, 11) is 2.02. The minimum Gasteiger partial charge on any atom is -0.296 e. The van der Waals surface area contributed by atoms with Gasteiger partial charge in [-0.25, -0.2) is 0 Å². The van der Waals surface area contributed by atoms with E-state index in [1.54, 1.807) is 12.3 Å². The molecule has 2 aromatic rings. The minimum atomic E-state index is 0.687. The van der Waals surface area contributed by atoms with Crippen LogP contribution in [0.3, 0.4) is 0 Å². The maximum atomic E-state index is 8.87. The van der Waals surface area contributed by atoms with Crippen molar-refractivity contribution in [1.82, 2.24) is 9.88 Å². The fourth-order valence-corrected chi connectivity index (χ4v) is 2.10. The second-order valence-corrected chi connectivity index (χ2v) is 4.89. The first kappa shape index (κ1) is 13.5. The van der Waals surface area contributed by atoms with Crippen LogP contribution in [0.2, 0.25) is 5.02 Å². The maximum absolute atomic E-state index is 8.87. The molecule has 1 heterocycles. The Hall–Kier alpha value is -1.89. The van der Waals surface area contributed by atoms with Gasteiger partial charge in [0.2, 0.25) is 0 Å². The van der Waals surface area contributed by atoms with E-state index in [-0.39, 0.29) is 0 Å². The average Bonchev–Trinajstić information content (AvgIpc) is 2.38. The molecule has 0 saturated carbocycles. The molecule has 0 N–H and O–H groups in total. The van der Waals surface area contributed by atoms with Crippen molar-refractivity contribution in [2.75, 3.05) is 7.05 Å². The topological polar surface area (TPSA) is 39.9 Å². The molecule has 0 radical (unpaired) electrons. The van der Waals surface area contributed by atoms with E-state index >= 15 is 0 Å². The van der Waals surface area contributed by atoms with Crippen molar-refractivity contribution in [2.24, 2.45) is 0 Å². The molecule has 0 unspecified atom stereocenters. The summed E-state index contributed by atoms with van der Waals surface area (Å²) >= 11 is 5.93. The highest BCUT2D eigenvalue weighted by atomic mass is 35.5. The summed E-state index contributed by atoms with van der Waals surface area (Å²) in [5.41, 5.74) is 2.74. The first-order chi connectivity index (χ1) is 9.17. The SMILES string of the molecule is CN(Cc1cccc(C#N)c1)Cc1cc(Cl)ccn1. The summed E-state index contributed by atoms with van der Waals surface area (Å²) in [6.45, 7) is 1.49. The molecule has 0 aliphatic rings. The van der Waals surface area contributed by atoms with E-state index < -0.39 is 0 Å². The van der Waals surface area contributed by atoms with Gasteiger partial charge in [-0.1, -0.05) is 23.7 Å². The summed E-state index contributed by atoms with van der Waals surface area (Å²) in [5, 5.41) is 9.57. The summed E-state index contributed by atoms with van der Waals surface area (Å²) in [4.78, 5) is 6.41. The number of rotatable bonds is 4. The largest absolute Gasteiger partial charge is 0.296 e. The summed E-state index contributed by atoms with van der Waals surface area (Å²) < 4.78 is 0. The number of halogens is 1. The van der Waals surface area contributed by atoms with E-state index in [1.165, 1.54) is 0 Å². The van der Waals surface area contributed by atoms with Gasteiger partial charge < -0.3 is 0 Å². The lowest BCUT2D eigenvalue weighted by molar-refractivity contribution is 0.315. The second kappa shape index (κ2) is 6.33. The number of benzene rings is 1. The molecule has 1 aromatic carbocycles. The molecule has 0 saturated heterocycles. The van der Waals surface area contributed by atoms with Crippen LogP contribution >= 0.6 is 11.6 Å². The third-order valence-electron chi connectivity index (χ3n) is 2.72. The molecule has 0 aliphatic heterocycles. The molecule has 2 rings (SSSR count). The smallest absolute Gasteiger partial charge is 0.0991 e. The van der Waals surface area contributed by atoms with Crippen LogP contribution < -0.4 is 0 Å². The van der Waals surface area contributed by atoms with Crippen LogP contribution in [0.15, 0.2) is 42.6 Å². The first-order valence-electron chi connectivity index (χ1n) is 5.95. The number of hydrogen-bond acceptors (Lipinski definition) is 3. The lowest BCUT2D eigenvalue weighted by Crippen LogP contribution is -2.18. The fourth-order valence-electron chi connectivity index (χ4n) is 1.92. The molecule has 96 valence electrons. The van der Waals surface area contributed by atoms with Crippen LogP contribution in [0.25, 0.3) is 0 Å². The number of hydrogen-bond donors (Lipinski definition) is 0. The van der Waals surface area contributed by atoms with Crippen LogP contribution in [-0.2, 0) is 13.1 Å². The predicted molar refractivity (Wildman–Crippen MR) is 75.6 cm³/mol. The molecule has 4 heteroatoms. The molecule has 3 nitrogen and oxygen atoms in total. The zero-order chi connectivity index (χ0) is 13.7. The lowest BCUT2D eigenvalue weighted by Gasteiger charge is -2.16. The van der Waals surface area contributed by atoms with Crippen molar-refractivity contribution in [3.05, 3.63) is 64.4 Å². The zero-order valence-electron chi connectivity index (χ0n) is 10.7. The van der Waals surface area contributed by atoms with E-state index in [9.17, 15) is 0 Å². The number of pyridine rings is 1. The van der Waals surface area contributed by atoms with Crippen molar-refractivity contribution in [2.45, 2.75) is 13.1 Å². The summed E-state index contributed by atoms with van der Waals surface area (Å²) in [6.07, 6.45) is 1.71. The Kier molecular flexibility index (Phi) is 4.51. The Morgan fingerprint density at radius 2 is 2.11 bits per heavy atom. The molecular weight excluding hydrogens is 258 g/mol. The molecule has 0 bridgehead atoms. The monoisotopic (exact) mass is 271 g/mol. The van der Waals surface area contributed by atoms with Crippen molar-refractivity contribution >= 4 is 11.6 Å². The normalized spacial score (nSPS) is 10.4. The van der Waals surface area contributed by atoms with Gasteiger partial charge in [-0.3, -0.25) is 9.88 Å². The van der Waals surface area contributed by atoms with Crippen LogP contribution in [0.4, 0.5) is 0 Å². The van der Waals surface area contributed by atoms with Crippen molar-refractivity contribution < 1.29 is 0 Å². The number of aromatic nitrogens is 1. The molecule has 0 atom stereocenters. The van der Waals surface area contributed by atoms with Crippen molar-refractivity contribution in [1.29, 1.82) is 5.26 Å². The van der Waals surface area contributed by atoms with Gasteiger partial charge in [0.1, 0.15) is 0 Å². The molecule has 0 aliphatic carbocycles. The van der Waals surface area contributed by atoms with Gasteiger partial charge in [0.15, 0.2) is 0 Å². The molecule has 0 spiro atoms. The zero-order valence-corrected chi connectivity index (χ0v) is 11.4. The van der Waals surface area contributed by atoms with Gasteiger partial charge in [0.05, 0.1) is 17.3 Å². The van der Waals surface area contributed by atoms with Gasteiger partial charge in [-0.05, 0) is 36.9 Å². The minimum absolute atomic E-state index is 0.687. The van der Waals surface area contributed by atoms with E-state index in [1.807, 2.05) is 37.4 Å². The third-order valence-corrected chi connectivity index (χ3v) is 2.95. The second-order valence-electron chi connectivity index (χ2n) is 4.45. The van der Waals surface area contributed by atoms with E-state index in [0.717, 1.165) is 24.3 Å². The third kappa shape index (κ3) is 4.06. The van der Waals surface area contributed by atoms with Gasteiger partial charge in [-0.2, -0.15) is 5.26 Å². The van der Waals surface area contributed by atoms with Gasteiger partial charge in [0.25, 0.3) is 0 Å². The molecular formula is C15H14ClN3. The maximum Gasteiger partial charge on any atom is 0.0991 e. The molecule has 0 amide bonds. The number of nitrogens with zero attached hydrogens (tertiary/aromatic N) is 3. The Morgan fingerprint density at radius 3 is 2.84 bits per heavy atom. The quantitative estimate of drug-likeness (QED) is 0.857. The van der Waals surface area contributed by atoms with Crippen molar-refractivity contribution in [3.8, 4) is 6.07 Å². The Balaban J connectivity index is 2.01. The lowest BCUT2D eigenvalue weighted by atomic mass is 10.1. The van der Waals surface area contributed by atoms with Crippen LogP contribution in [0, 0.1) is 11.3 Å². The summed E-state index contributed by atoms with van der Waals surface area (Å²) in [6, 6.07) is 13.4. The Bertz CT molecular complexity index is 604. The highest BCUT2D eigenvalue weighted by Crippen LogP contribution is 2.12. The highest BCUT2D eigenvalue weighted by molar-refractivity contribution is 6.30. The van der Waals surface area contributed by atoms with Crippen molar-refractivity contribution in [3.63, 3.8) is 0 Å². The number of nitriles is 1. The van der Waals surface area contributed by atoms with Gasteiger partial charge in [-0.15, -0.1) is 0 Å². The molecule has 0 fully saturated rings. The van der Waals surface area contributed by atoms with E-state index in [4.69, 9.17) is 16.9 Å². The Labute approximate surface area is 118 Å². The van der Waals surface area contributed by atoms with E-state index in [0.29, 0.717) is 10.6 Å². The fraction of sp³-hybridized carbons (Fsp3) is 0.200. The van der Waals surface area contributed by atoms with E-state index in [2.05, 4.69) is 16.0 Å². The summed E-state index contributed by atoms with van der Waals surface area (Å²) in [5.74, 6) is 0. The molecule has 1 aromatic heterocycles. The van der Waals surface area contributed by atoms with Crippen LogP contribution in [0.1, 0.15) is 16.8 Å². The first-order valence-corrected chi connectivity index (χ1v) is 6.33. The average molecular weight is 272 g/mol. The standard InChI is InChI=1S/C15H14ClN3/c1-19(11-15-8-14(16)5-6-18-15)10-13-4-2-3-12(7-13)9-17/h2-8H,10-11H2,1H3. The Morgan fingerprint density at radius 1 is 1.26 bits per heavy atom. The highest BCUT2D eigenvalue weighted by Gasteiger charge is 2.04. The van der Waals surface area contributed by atoms with Crippen LogP contribution in [-0.4, -0.2) is 16.9 Å². The van der Waals surface area contributed by atoms with Gasteiger partial charge >= 0.3 is 0 Å². The van der Waals surface area contributed by atoms with Gasteiger partial charge in [0, 0.05) is 24.3 Å². The predicted octanol–water partition coefficient (Wildman–Crippen LogP) is 3.24.